The van der Waals surface area contributed by atoms with Crippen molar-refractivity contribution in [2.75, 3.05) is 6.61 Å². The lowest BCUT2D eigenvalue weighted by atomic mass is 10.9. The second-order valence-electron chi connectivity index (χ2n) is 4.25. The lowest BCUT2D eigenvalue weighted by molar-refractivity contribution is 0.367. The van der Waals surface area contributed by atoms with E-state index in [1.165, 1.54) is 6.61 Å². The maximum atomic E-state index is 5.55. The molecule has 0 aromatic carbocycles. The molecule has 0 aliphatic carbocycles. The Kier molecular flexibility index (Phi) is 3.11. The third-order valence-corrected chi connectivity index (χ3v) is 47.7. The van der Waals surface area contributed by atoms with Gasteiger partial charge in [0.25, 0.3) is 0 Å². The van der Waals surface area contributed by atoms with Crippen LogP contribution >= 0.6 is 0 Å². The summed E-state index contributed by atoms with van der Waals surface area (Å²) in [5, 5.41) is 0. The molecule has 60 valence electrons. The first-order valence-corrected chi connectivity index (χ1v) is 18.2. The van der Waals surface area contributed by atoms with E-state index in [9.17, 15) is 0 Å². The van der Waals surface area contributed by atoms with Crippen LogP contribution in [-0.4, -0.2) is 39.9 Å². The molecule has 5 heteroatoms. The summed E-state index contributed by atoms with van der Waals surface area (Å²) in [5.74, 6) is 0. The van der Waals surface area contributed by atoms with Gasteiger partial charge < -0.3 is 4.43 Å². The molecule has 1 unspecified atom stereocenters. The van der Waals surface area contributed by atoms with E-state index in [-0.39, 0.29) is 17.1 Å². The van der Waals surface area contributed by atoms with Crippen molar-refractivity contribution in [1.82, 2.24) is 0 Å². The van der Waals surface area contributed by atoms with Crippen molar-refractivity contribution in [2.45, 2.75) is 25.7 Å². The van der Waals surface area contributed by atoms with Gasteiger partial charge in [-0.15, -0.1) is 0 Å². The number of hydrogen-bond acceptors (Lipinski definition) is 1. The van der Waals surface area contributed by atoms with E-state index in [0.717, 1.165) is 0 Å². The van der Waals surface area contributed by atoms with Crippen molar-refractivity contribution < 1.29 is 4.43 Å². The summed E-state index contributed by atoms with van der Waals surface area (Å²) in [4.78, 5) is 0. The van der Waals surface area contributed by atoms with Gasteiger partial charge in [0.2, 0.25) is 0 Å². The van der Waals surface area contributed by atoms with Gasteiger partial charge in [-0.1, -0.05) is 19.6 Å². The van der Waals surface area contributed by atoms with E-state index in [4.69, 9.17) is 4.43 Å². The van der Waals surface area contributed by atoms with Gasteiger partial charge >= 0.3 is 0 Å². The van der Waals surface area contributed by atoms with E-state index in [1.54, 1.807) is 6.04 Å². The van der Waals surface area contributed by atoms with Gasteiger partial charge in [-0.05, 0) is 6.04 Å². The summed E-state index contributed by atoms with van der Waals surface area (Å²) in [6.45, 7) is 8.91. The van der Waals surface area contributed by atoms with Crippen molar-refractivity contribution in [3.05, 3.63) is 0 Å². The standard InChI is InChI=1S/C5H18OSi4/c1-10(2,3)9-5-4-6-7-8-9/h9H,4-5,7-8H2,1-3H3. The first-order valence-electron chi connectivity index (χ1n) is 4.18. The van der Waals surface area contributed by atoms with Crippen molar-refractivity contribution in [3.8, 4) is 0 Å². The van der Waals surface area contributed by atoms with Crippen LogP contribution in [0.4, 0.5) is 0 Å². The third-order valence-electron chi connectivity index (χ3n) is 2.45. The summed E-state index contributed by atoms with van der Waals surface area (Å²) < 4.78 is 5.55. The van der Waals surface area contributed by atoms with Crippen LogP contribution in [0.1, 0.15) is 0 Å². The normalized spacial score (nSPS) is 33.3. The molecular formula is C5H18OSi4. The molecule has 0 saturated carbocycles. The maximum Gasteiger partial charge on any atom is 0.140 e. The highest BCUT2D eigenvalue weighted by molar-refractivity contribution is 7.60. The van der Waals surface area contributed by atoms with E-state index in [0.29, 0.717) is 8.55 Å². The van der Waals surface area contributed by atoms with Gasteiger partial charge in [-0.25, -0.2) is 0 Å². The highest BCUT2D eigenvalue weighted by Gasteiger charge is 2.29. The summed E-state index contributed by atoms with van der Waals surface area (Å²) in [7, 11) is -0.149. The molecule has 0 bridgehead atoms. The molecule has 0 aromatic rings. The number of hydrogen-bond donors (Lipinski definition) is 0. The lowest BCUT2D eigenvalue weighted by Crippen LogP contribution is -2.52. The van der Waals surface area contributed by atoms with Gasteiger partial charge in [0, 0.05) is 30.6 Å². The van der Waals surface area contributed by atoms with Crippen LogP contribution < -0.4 is 0 Å². The van der Waals surface area contributed by atoms with Crippen LogP contribution in [-0.2, 0) is 4.43 Å². The second kappa shape index (κ2) is 3.48. The Labute approximate surface area is 70.3 Å². The molecule has 1 aliphatic rings. The minimum absolute atomic E-state index is 0.0999. The lowest BCUT2D eigenvalue weighted by Gasteiger charge is -2.30. The Bertz CT molecular complexity index is 105. The molecule has 1 nitrogen and oxygen atoms in total. The van der Waals surface area contributed by atoms with Gasteiger partial charge in [-0.2, -0.15) is 0 Å². The molecule has 1 aliphatic heterocycles. The fourth-order valence-corrected chi connectivity index (χ4v) is 55.1. The molecule has 1 saturated heterocycles. The van der Waals surface area contributed by atoms with Crippen molar-refractivity contribution in [1.29, 1.82) is 0 Å². The van der Waals surface area contributed by atoms with Crippen molar-refractivity contribution in [3.63, 3.8) is 0 Å². The molecule has 10 heavy (non-hydrogen) atoms. The minimum atomic E-state index is -0.601. The van der Waals surface area contributed by atoms with Crippen LogP contribution in [0, 0.1) is 0 Å². The van der Waals surface area contributed by atoms with Gasteiger partial charge in [-0.3, -0.25) is 0 Å². The maximum absolute atomic E-state index is 5.55. The van der Waals surface area contributed by atoms with E-state index in [2.05, 4.69) is 19.6 Å². The molecule has 1 fully saturated rings. The molecule has 0 amide bonds. The van der Waals surface area contributed by atoms with Crippen molar-refractivity contribution >= 4 is 33.3 Å². The van der Waals surface area contributed by atoms with Gasteiger partial charge in [0.05, 0.1) is 0 Å². The molecule has 0 radical (unpaired) electrons. The monoisotopic (exact) mass is 206 g/mol. The minimum Gasteiger partial charge on any atom is -0.429 e. The van der Waals surface area contributed by atoms with Gasteiger partial charge in [0.15, 0.2) is 0 Å². The Morgan fingerprint density at radius 1 is 1.40 bits per heavy atom. The predicted molar refractivity (Wildman–Crippen MR) is 58.3 cm³/mol. The highest BCUT2D eigenvalue weighted by Crippen LogP contribution is 2.11. The largest absolute Gasteiger partial charge is 0.429 e. The van der Waals surface area contributed by atoms with Crippen LogP contribution in [0.25, 0.3) is 0 Å². The van der Waals surface area contributed by atoms with Gasteiger partial charge in [0.1, 0.15) is 9.28 Å². The SMILES string of the molecule is C[Si](C)(C)[SiH]1CCO[SiH2][SiH2]1. The van der Waals surface area contributed by atoms with E-state index < -0.39 is 7.59 Å². The third kappa shape index (κ3) is 2.46. The zero-order valence-electron chi connectivity index (χ0n) is 7.31. The summed E-state index contributed by atoms with van der Waals surface area (Å²) >= 11 is 0. The van der Waals surface area contributed by atoms with Crippen LogP contribution in [0.15, 0.2) is 0 Å². The van der Waals surface area contributed by atoms with Crippen LogP contribution in [0.3, 0.4) is 0 Å². The topological polar surface area (TPSA) is 9.23 Å². The molecule has 1 heterocycles. The summed E-state index contributed by atoms with van der Waals surface area (Å²) in [6, 6.07) is 1.55. The first-order chi connectivity index (χ1) is 4.61. The second-order valence-corrected chi connectivity index (χ2v) is 33.6. The van der Waals surface area contributed by atoms with E-state index >= 15 is 0 Å². The average molecular weight is 207 g/mol. The zero-order valence-corrected chi connectivity index (χ0v) is 12.3. The van der Waals surface area contributed by atoms with Crippen LogP contribution in [0.5, 0.6) is 0 Å². The molecular weight excluding hydrogens is 188 g/mol. The van der Waals surface area contributed by atoms with Crippen LogP contribution in [0.2, 0.25) is 25.7 Å². The molecule has 1 rings (SSSR count). The smallest absolute Gasteiger partial charge is 0.140 e. The molecule has 0 N–H and O–H groups in total. The van der Waals surface area contributed by atoms with E-state index in [1.807, 2.05) is 0 Å². The Morgan fingerprint density at radius 2 is 2.10 bits per heavy atom. The van der Waals surface area contributed by atoms with Crippen molar-refractivity contribution in [2.24, 2.45) is 0 Å². The fourth-order valence-electron chi connectivity index (χ4n) is 1.56. The quantitative estimate of drug-likeness (QED) is 0.517. The Balaban J connectivity index is 2.39. The molecule has 0 aromatic heterocycles. The average Bonchev–Trinajstić information content (AvgIpc) is 1.88. The summed E-state index contributed by atoms with van der Waals surface area (Å²) in [6.07, 6.45) is 0. The first kappa shape index (κ1) is 8.92. The predicted octanol–water partition coefficient (Wildman–Crippen LogP) is -0.675. The molecule has 1 atom stereocenters. The summed E-state index contributed by atoms with van der Waals surface area (Å²) in [5.41, 5.74) is 0. The highest BCUT2D eigenvalue weighted by atomic mass is 29.8. The molecule has 0 spiro atoms. The zero-order chi connectivity index (χ0) is 7.61. The Morgan fingerprint density at radius 3 is 2.40 bits per heavy atom. The fraction of sp³-hybridized carbons (Fsp3) is 1.00. The Hall–Kier alpha value is 0.828. The number of rotatable bonds is 1.